The van der Waals surface area contributed by atoms with Crippen LogP contribution in [0.4, 0.5) is 0 Å². The van der Waals surface area contributed by atoms with Crippen molar-refractivity contribution < 1.29 is 9.47 Å². The lowest BCUT2D eigenvalue weighted by molar-refractivity contribution is -0.0738. The predicted octanol–water partition coefficient (Wildman–Crippen LogP) is 2.75. The molecule has 3 heteroatoms. The second kappa shape index (κ2) is 6.47. The summed E-state index contributed by atoms with van der Waals surface area (Å²) in [6.07, 6.45) is 5.07. The lowest BCUT2D eigenvalue weighted by Crippen LogP contribution is -2.56. The Morgan fingerprint density at radius 3 is 2.52 bits per heavy atom. The maximum atomic E-state index is 5.56. The summed E-state index contributed by atoms with van der Waals surface area (Å²) in [5.74, 6) is 0. The van der Waals surface area contributed by atoms with Gasteiger partial charge in [0.1, 0.15) is 0 Å². The minimum atomic E-state index is 0.312. The van der Waals surface area contributed by atoms with E-state index in [1.807, 2.05) is 0 Å². The third-order valence-electron chi connectivity index (χ3n) is 5.31. The fraction of sp³-hybridized carbons (Fsp3) is 0.667. The van der Waals surface area contributed by atoms with Crippen molar-refractivity contribution in [1.29, 1.82) is 0 Å². The van der Waals surface area contributed by atoms with Crippen LogP contribution in [0.3, 0.4) is 0 Å². The van der Waals surface area contributed by atoms with Crippen LogP contribution in [0.5, 0.6) is 0 Å². The predicted molar refractivity (Wildman–Crippen MR) is 84.6 cm³/mol. The topological polar surface area (TPSA) is 30.5 Å². The molecule has 1 N–H and O–H groups in total. The fourth-order valence-corrected chi connectivity index (χ4v) is 4.27. The van der Waals surface area contributed by atoms with E-state index in [1.165, 1.54) is 31.2 Å². The number of nitrogens with one attached hydrogen (secondary N) is 1. The van der Waals surface area contributed by atoms with Crippen molar-refractivity contribution in [2.45, 2.75) is 31.1 Å². The first-order valence-electron chi connectivity index (χ1n) is 8.12. The van der Waals surface area contributed by atoms with E-state index in [1.54, 1.807) is 7.11 Å². The Balaban J connectivity index is 1.68. The fourth-order valence-electron chi connectivity index (χ4n) is 4.27. The van der Waals surface area contributed by atoms with Crippen molar-refractivity contribution in [3.8, 4) is 0 Å². The molecule has 0 aromatic heterocycles. The van der Waals surface area contributed by atoms with Crippen LogP contribution in [0.15, 0.2) is 30.3 Å². The summed E-state index contributed by atoms with van der Waals surface area (Å²) in [6, 6.07) is 11.0. The summed E-state index contributed by atoms with van der Waals surface area (Å²) in [4.78, 5) is 0. The Kier molecular flexibility index (Phi) is 4.63. The van der Waals surface area contributed by atoms with Crippen molar-refractivity contribution in [2.24, 2.45) is 5.41 Å². The van der Waals surface area contributed by atoms with Crippen LogP contribution in [-0.2, 0) is 14.9 Å². The van der Waals surface area contributed by atoms with Crippen molar-refractivity contribution in [2.75, 3.05) is 40.0 Å². The third kappa shape index (κ3) is 3.15. The first-order chi connectivity index (χ1) is 10.3. The summed E-state index contributed by atoms with van der Waals surface area (Å²) in [5, 5.41) is 3.59. The molecule has 2 fully saturated rings. The molecule has 1 aromatic rings. The van der Waals surface area contributed by atoms with E-state index < -0.39 is 0 Å². The normalized spacial score (nSPS) is 22.9. The van der Waals surface area contributed by atoms with Gasteiger partial charge in [-0.15, -0.1) is 0 Å². The zero-order valence-corrected chi connectivity index (χ0v) is 13.1. The van der Waals surface area contributed by atoms with Gasteiger partial charge in [-0.05, 0) is 36.7 Å². The van der Waals surface area contributed by atoms with E-state index >= 15 is 0 Å². The van der Waals surface area contributed by atoms with Crippen LogP contribution in [0.2, 0.25) is 0 Å². The zero-order valence-electron chi connectivity index (χ0n) is 13.1. The van der Waals surface area contributed by atoms with E-state index in [-0.39, 0.29) is 0 Å². The molecule has 0 amide bonds. The number of hydrogen-bond acceptors (Lipinski definition) is 3. The highest BCUT2D eigenvalue weighted by atomic mass is 16.5. The van der Waals surface area contributed by atoms with E-state index in [2.05, 4.69) is 35.6 Å². The van der Waals surface area contributed by atoms with Gasteiger partial charge in [-0.2, -0.15) is 0 Å². The number of hydrogen-bond donors (Lipinski definition) is 1. The van der Waals surface area contributed by atoms with Gasteiger partial charge in [0, 0.05) is 38.8 Å². The van der Waals surface area contributed by atoms with Gasteiger partial charge >= 0.3 is 0 Å². The van der Waals surface area contributed by atoms with Gasteiger partial charge in [0.05, 0.1) is 6.61 Å². The molecule has 1 heterocycles. The van der Waals surface area contributed by atoms with Gasteiger partial charge in [0.2, 0.25) is 0 Å². The number of ether oxygens (including phenoxy) is 2. The Labute approximate surface area is 128 Å². The van der Waals surface area contributed by atoms with Crippen LogP contribution >= 0.6 is 0 Å². The molecule has 0 unspecified atom stereocenters. The summed E-state index contributed by atoms with van der Waals surface area (Å²) in [7, 11) is 1.76. The smallest absolute Gasteiger partial charge is 0.0587 e. The van der Waals surface area contributed by atoms with Crippen LogP contribution in [0.1, 0.15) is 31.2 Å². The van der Waals surface area contributed by atoms with E-state index in [9.17, 15) is 0 Å². The van der Waals surface area contributed by atoms with E-state index in [4.69, 9.17) is 9.47 Å². The Hall–Kier alpha value is -0.900. The quantitative estimate of drug-likeness (QED) is 0.817. The second-order valence-electron chi connectivity index (χ2n) is 6.78. The minimum absolute atomic E-state index is 0.312. The molecule has 0 radical (unpaired) electrons. The molecule has 1 saturated carbocycles. The Morgan fingerprint density at radius 2 is 1.86 bits per heavy atom. The average Bonchev–Trinajstić information content (AvgIpc) is 2.51. The van der Waals surface area contributed by atoms with E-state index in [0.29, 0.717) is 10.8 Å². The van der Waals surface area contributed by atoms with Gasteiger partial charge in [0.25, 0.3) is 0 Å². The van der Waals surface area contributed by atoms with E-state index in [0.717, 1.165) is 32.9 Å². The Morgan fingerprint density at radius 1 is 1.14 bits per heavy atom. The third-order valence-corrected chi connectivity index (χ3v) is 5.31. The maximum absolute atomic E-state index is 5.56. The molecule has 1 aliphatic heterocycles. The van der Waals surface area contributed by atoms with Gasteiger partial charge in [-0.25, -0.2) is 0 Å². The second-order valence-corrected chi connectivity index (χ2v) is 6.78. The highest BCUT2D eigenvalue weighted by Gasteiger charge is 2.54. The van der Waals surface area contributed by atoms with Crippen LogP contribution < -0.4 is 5.32 Å². The molecule has 0 bridgehead atoms. The molecule has 21 heavy (non-hydrogen) atoms. The summed E-state index contributed by atoms with van der Waals surface area (Å²) in [6.45, 7) is 4.66. The van der Waals surface area contributed by atoms with Crippen molar-refractivity contribution >= 4 is 0 Å². The van der Waals surface area contributed by atoms with Crippen molar-refractivity contribution in [1.82, 2.24) is 5.32 Å². The molecule has 1 saturated heterocycles. The largest absolute Gasteiger partial charge is 0.383 e. The monoisotopic (exact) mass is 289 g/mol. The first kappa shape index (κ1) is 15.0. The Bertz CT molecular complexity index is 432. The molecule has 1 aromatic carbocycles. The molecule has 1 spiro atoms. The van der Waals surface area contributed by atoms with Gasteiger partial charge in [0.15, 0.2) is 0 Å². The van der Waals surface area contributed by atoms with Crippen molar-refractivity contribution in [3.63, 3.8) is 0 Å². The van der Waals surface area contributed by atoms with Gasteiger partial charge < -0.3 is 14.8 Å². The molecule has 116 valence electrons. The summed E-state index contributed by atoms with van der Waals surface area (Å²) >= 11 is 0. The van der Waals surface area contributed by atoms with Gasteiger partial charge in [-0.3, -0.25) is 0 Å². The zero-order chi connectivity index (χ0) is 14.6. The number of methoxy groups -OCH3 is 1. The molecular formula is C18H27NO2. The van der Waals surface area contributed by atoms with Crippen LogP contribution in [0.25, 0.3) is 0 Å². The molecule has 0 atom stereocenters. The number of rotatable bonds is 6. The maximum Gasteiger partial charge on any atom is 0.0587 e. The molecular weight excluding hydrogens is 262 g/mol. The van der Waals surface area contributed by atoms with Crippen molar-refractivity contribution in [3.05, 3.63) is 35.9 Å². The molecule has 1 aliphatic carbocycles. The first-order valence-corrected chi connectivity index (χ1v) is 8.12. The van der Waals surface area contributed by atoms with Gasteiger partial charge in [-0.1, -0.05) is 30.3 Å². The minimum Gasteiger partial charge on any atom is -0.383 e. The molecule has 3 rings (SSSR count). The standard InChI is InChI=1S/C18H27NO2/c1-20-12-9-19-15-18(16-5-3-2-4-6-16)13-17(14-18)7-10-21-11-8-17/h2-6,19H,7-15H2,1H3. The highest BCUT2D eigenvalue weighted by molar-refractivity contribution is 5.31. The molecule has 3 nitrogen and oxygen atoms in total. The lowest BCUT2D eigenvalue weighted by atomic mass is 9.48. The SMILES string of the molecule is COCCNCC1(c2ccccc2)CC2(CCOCC2)C1. The number of benzene rings is 1. The van der Waals surface area contributed by atoms with Crippen LogP contribution in [-0.4, -0.2) is 40.0 Å². The molecule has 2 aliphatic rings. The average molecular weight is 289 g/mol. The lowest BCUT2D eigenvalue weighted by Gasteiger charge is -2.58. The summed E-state index contributed by atoms with van der Waals surface area (Å²) in [5.41, 5.74) is 2.34. The van der Waals surface area contributed by atoms with Crippen LogP contribution in [0, 0.1) is 5.41 Å². The highest BCUT2D eigenvalue weighted by Crippen LogP contribution is 2.59. The summed E-state index contributed by atoms with van der Waals surface area (Å²) < 4.78 is 10.7.